The van der Waals surface area contributed by atoms with Gasteiger partial charge in [0.1, 0.15) is 0 Å². The quantitative estimate of drug-likeness (QED) is 0.767. The maximum absolute atomic E-state index is 12.8. The molecule has 0 saturated heterocycles. The van der Waals surface area contributed by atoms with Crippen molar-refractivity contribution in [3.8, 4) is 0 Å². The largest absolute Gasteiger partial charge is 0.334 e. The molecule has 1 fully saturated rings. The zero-order valence-electron chi connectivity index (χ0n) is 15.5. The Bertz CT molecular complexity index is 751. The van der Waals surface area contributed by atoms with Crippen LogP contribution >= 0.6 is 0 Å². The Morgan fingerprint density at radius 3 is 2.15 bits per heavy atom. The van der Waals surface area contributed by atoms with Crippen LogP contribution in [0, 0.1) is 0 Å². The van der Waals surface area contributed by atoms with Gasteiger partial charge in [0.15, 0.2) is 0 Å². The van der Waals surface area contributed by atoms with Crippen LogP contribution in [-0.4, -0.2) is 41.2 Å². The molecule has 2 amide bonds. The molecule has 0 N–H and O–H groups in total. The molecule has 1 aliphatic rings. The Labute approximate surface area is 155 Å². The van der Waals surface area contributed by atoms with E-state index in [2.05, 4.69) is 31.2 Å². The third kappa shape index (κ3) is 4.51. The maximum atomic E-state index is 12.8. The molecule has 0 spiro atoms. The van der Waals surface area contributed by atoms with Crippen molar-refractivity contribution in [2.45, 2.75) is 38.8 Å². The highest BCUT2D eigenvalue weighted by Crippen LogP contribution is 2.28. The van der Waals surface area contributed by atoms with Gasteiger partial charge in [0.2, 0.25) is 5.91 Å². The third-order valence-electron chi connectivity index (χ3n) is 4.83. The maximum Gasteiger partial charge on any atom is 0.254 e. The molecule has 0 aromatic heterocycles. The van der Waals surface area contributed by atoms with Gasteiger partial charge in [-0.25, -0.2) is 0 Å². The lowest BCUT2D eigenvalue weighted by Crippen LogP contribution is -2.41. The molecule has 0 unspecified atom stereocenters. The van der Waals surface area contributed by atoms with Crippen LogP contribution in [0.15, 0.2) is 54.6 Å². The first kappa shape index (κ1) is 18.2. The standard InChI is InChI=1S/C22H26N2O2/c1-3-17-9-11-18(12-10-17)15-24(20-13-14-20)21(25)16-23(2)22(26)19-7-5-4-6-8-19/h4-12,20H,3,13-16H2,1-2H3. The van der Waals surface area contributed by atoms with Gasteiger partial charge >= 0.3 is 0 Å². The molecular weight excluding hydrogens is 324 g/mol. The third-order valence-corrected chi connectivity index (χ3v) is 4.83. The van der Waals surface area contributed by atoms with Gasteiger partial charge in [0, 0.05) is 25.2 Å². The molecule has 0 atom stereocenters. The Morgan fingerprint density at radius 1 is 0.962 bits per heavy atom. The molecule has 0 heterocycles. The second-order valence-electron chi connectivity index (χ2n) is 6.95. The number of benzene rings is 2. The summed E-state index contributed by atoms with van der Waals surface area (Å²) in [6.07, 6.45) is 3.11. The summed E-state index contributed by atoms with van der Waals surface area (Å²) >= 11 is 0. The average Bonchev–Trinajstić information content (AvgIpc) is 3.51. The summed E-state index contributed by atoms with van der Waals surface area (Å²) < 4.78 is 0. The van der Waals surface area contributed by atoms with Gasteiger partial charge in [-0.2, -0.15) is 0 Å². The second kappa shape index (κ2) is 8.17. The normalized spacial score (nSPS) is 13.3. The van der Waals surface area contributed by atoms with Gasteiger partial charge in [-0.05, 0) is 42.5 Å². The second-order valence-corrected chi connectivity index (χ2v) is 6.95. The van der Waals surface area contributed by atoms with Crippen molar-refractivity contribution >= 4 is 11.8 Å². The molecule has 2 aromatic rings. The molecule has 0 aliphatic heterocycles. The van der Waals surface area contributed by atoms with Gasteiger partial charge in [0.05, 0.1) is 6.54 Å². The highest BCUT2D eigenvalue weighted by atomic mass is 16.2. The van der Waals surface area contributed by atoms with Crippen molar-refractivity contribution in [3.05, 3.63) is 71.3 Å². The van der Waals surface area contributed by atoms with E-state index >= 15 is 0 Å². The Morgan fingerprint density at radius 2 is 1.58 bits per heavy atom. The number of hydrogen-bond donors (Lipinski definition) is 0. The number of likely N-dealkylation sites (N-methyl/N-ethyl adjacent to an activating group) is 1. The van der Waals surface area contributed by atoms with Crippen molar-refractivity contribution in [2.75, 3.05) is 13.6 Å². The van der Waals surface area contributed by atoms with Crippen LogP contribution in [0.25, 0.3) is 0 Å². The van der Waals surface area contributed by atoms with E-state index in [4.69, 9.17) is 0 Å². The van der Waals surface area contributed by atoms with Crippen LogP contribution in [0.2, 0.25) is 0 Å². The zero-order chi connectivity index (χ0) is 18.5. The summed E-state index contributed by atoms with van der Waals surface area (Å²) in [7, 11) is 1.69. The number of carbonyl (C=O) groups is 2. The van der Waals surface area contributed by atoms with Crippen LogP contribution in [0.4, 0.5) is 0 Å². The SMILES string of the molecule is CCc1ccc(CN(C(=O)CN(C)C(=O)c2ccccc2)C2CC2)cc1. The first-order valence-corrected chi connectivity index (χ1v) is 9.26. The summed E-state index contributed by atoms with van der Waals surface area (Å²) in [6.45, 7) is 2.85. The first-order chi connectivity index (χ1) is 12.6. The zero-order valence-corrected chi connectivity index (χ0v) is 15.5. The summed E-state index contributed by atoms with van der Waals surface area (Å²) in [5.74, 6) is -0.110. The van der Waals surface area contributed by atoms with Crippen molar-refractivity contribution in [2.24, 2.45) is 0 Å². The van der Waals surface area contributed by atoms with E-state index in [1.165, 1.54) is 10.5 Å². The molecule has 1 aliphatic carbocycles. The van der Waals surface area contributed by atoms with Crippen molar-refractivity contribution in [1.82, 2.24) is 9.80 Å². The highest BCUT2D eigenvalue weighted by Gasteiger charge is 2.33. The molecule has 0 radical (unpaired) electrons. The van der Waals surface area contributed by atoms with E-state index in [9.17, 15) is 9.59 Å². The minimum atomic E-state index is -0.123. The van der Waals surface area contributed by atoms with Gasteiger partial charge in [-0.3, -0.25) is 9.59 Å². The molecule has 136 valence electrons. The molecule has 1 saturated carbocycles. The Balaban J connectivity index is 1.64. The lowest BCUT2D eigenvalue weighted by molar-refractivity contribution is -0.132. The van der Waals surface area contributed by atoms with Crippen LogP contribution in [0.5, 0.6) is 0 Å². The van der Waals surface area contributed by atoms with Crippen molar-refractivity contribution in [3.63, 3.8) is 0 Å². The predicted octanol–water partition coefficient (Wildman–Crippen LogP) is 3.51. The predicted molar refractivity (Wildman–Crippen MR) is 103 cm³/mol. The minimum Gasteiger partial charge on any atom is -0.334 e. The van der Waals surface area contributed by atoms with E-state index in [1.54, 1.807) is 19.2 Å². The summed E-state index contributed by atoms with van der Waals surface area (Å²) in [5, 5.41) is 0. The van der Waals surface area contributed by atoms with E-state index in [-0.39, 0.29) is 18.4 Å². The fraction of sp³-hybridized carbons (Fsp3) is 0.364. The number of carbonyl (C=O) groups excluding carboxylic acids is 2. The number of nitrogens with zero attached hydrogens (tertiary/aromatic N) is 2. The Kier molecular flexibility index (Phi) is 5.71. The number of rotatable bonds is 7. The highest BCUT2D eigenvalue weighted by molar-refractivity contribution is 5.96. The molecule has 4 heteroatoms. The fourth-order valence-corrected chi connectivity index (χ4v) is 3.05. The summed E-state index contributed by atoms with van der Waals surface area (Å²) in [4.78, 5) is 28.7. The number of aryl methyl sites for hydroxylation is 1. The van der Waals surface area contributed by atoms with Crippen LogP contribution in [0.1, 0.15) is 41.3 Å². The fourth-order valence-electron chi connectivity index (χ4n) is 3.05. The lowest BCUT2D eigenvalue weighted by atomic mass is 10.1. The van der Waals surface area contributed by atoms with Crippen molar-refractivity contribution in [1.29, 1.82) is 0 Å². The van der Waals surface area contributed by atoms with E-state index < -0.39 is 0 Å². The molecule has 0 bridgehead atoms. The van der Waals surface area contributed by atoms with Crippen molar-refractivity contribution < 1.29 is 9.59 Å². The molecule has 3 rings (SSSR count). The molecule has 26 heavy (non-hydrogen) atoms. The lowest BCUT2D eigenvalue weighted by Gasteiger charge is -2.26. The van der Waals surface area contributed by atoms with Gasteiger partial charge in [-0.15, -0.1) is 0 Å². The molecule has 2 aromatic carbocycles. The van der Waals surface area contributed by atoms with E-state index in [1.807, 2.05) is 23.1 Å². The van der Waals surface area contributed by atoms with Crippen LogP contribution in [0.3, 0.4) is 0 Å². The molecular formula is C22H26N2O2. The van der Waals surface area contributed by atoms with Gasteiger partial charge in [0.25, 0.3) is 5.91 Å². The topological polar surface area (TPSA) is 40.6 Å². The monoisotopic (exact) mass is 350 g/mol. The number of hydrogen-bond acceptors (Lipinski definition) is 2. The van der Waals surface area contributed by atoms with Crippen LogP contribution < -0.4 is 0 Å². The summed E-state index contributed by atoms with van der Waals surface area (Å²) in [5.41, 5.74) is 3.04. The average molecular weight is 350 g/mol. The minimum absolute atomic E-state index is 0.0128. The van der Waals surface area contributed by atoms with E-state index in [0.29, 0.717) is 18.2 Å². The first-order valence-electron chi connectivity index (χ1n) is 9.26. The molecule has 4 nitrogen and oxygen atoms in total. The van der Waals surface area contributed by atoms with E-state index in [0.717, 1.165) is 24.8 Å². The Hall–Kier alpha value is -2.62. The van der Waals surface area contributed by atoms with Gasteiger partial charge in [-0.1, -0.05) is 49.4 Å². The smallest absolute Gasteiger partial charge is 0.254 e. The van der Waals surface area contributed by atoms with Gasteiger partial charge < -0.3 is 9.80 Å². The summed E-state index contributed by atoms with van der Waals surface area (Å²) in [6, 6.07) is 17.8. The van der Waals surface area contributed by atoms with Crippen LogP contribution in [-0.2, 0) is 17.8 Å². The number of amides is 2.